The minimum atomic E-state index is 0.101. The summed E-state index contributed by atoms with van der Waals surface area (Å²) in [5.41, 5.74) is 0. The van der Waals surface area contributed by atoms with Crippen LogP contribution >= 0.6 is 12.8 Å². The van der Waals surface area contributed by atoms with Crippen molar-refractivity contribution in [1.29, 1.82) is 0 Å². The lowest BCUT2D eigenvalue weighted by molar-refractivity contribution is 0.0867. The van der Waals surface area contributed by atoms with Crippen LogP contribution in [0.3, 0.4) is 0 Å². The summed E-state index contributed by atoms with van der Waals surface area (Å²) in [5.74, 6) is 0. The molecule has 0 aliphatic heterocycles. The Balaban J connectivity index is 3.08. The average Bonchev–Trinajstić information content (AvgIpc) is 2.29. The smallest absolute Gasteiger partial charge is 0.0698 e. The maximum absolute atomic E-state index is 8.52. The van der Waals surface area contributed by atoms with Gasteiger partial charge in [-0.15, -0.1) is 0 Å². The standard InChI is InChI=1S/C12H27NO2S/c1-2-3-4-5-6-7-8-13(16)9-11-15-12-10-14/h14,16H,2-12H2,1H3. The van der Waals surface area contributed by atoms with Gasteiger partial charge in [-0.25, -0.2) is 0 Å². The van der Waals surface area contributed by atoms with Gasteiger partial charge in [0.15, 0.2) is 0 Å². The van der Waals surface area contributed by atoms with Gasteiger partial charge in [-0.3, -0.25) is 4.31 Å². The van der Waals surface area contributed by atoms with Gasteiger partial charge in [0.1, 0.15) is 0 Å². The second-order valence-electron chi connectivity index (χ2n) is 4.06. The van der Waals surface area contributed by atoms with Crippen molar-refractivity contribution in [2.45, 2.75) is 45.4 Å². The van der Waals surface area contributed by atoms with Crippen molar-refractivity contribution >= 4 is 12.8 Å². The number of nitrogens with zero attached hydrogens (tertiary/aromatic N) is 1. The van der Waals surface area contributed by atoms with Crippen molar-refractivity contribution < 1.29 is 9.84 Å². The molecule has 0 saturated carbocycles. The monoisotopic (exact) mass is 249 g/mol. The van der Waals surface area contributed by atoms with Crippen LogP contribution in [0.1, 0.15) is 45.4 Å². The lowest BCUT2D eigenvalue weighted by Gasteiger charge is -2.14. The number of aliphatic hydroxyl groups is 1. The highest BCUT2D eigenvalue weighted by atomic mass is 32.1. The molecule has 0 heterocycles. The third-order valence-corrected chi connectivity index (χ3v) is 2.90. The summed E-state index contributed by atoms with van der Waals surface area (Å²) >= 11 is 4.37. The van der Waals surface area contributed by atoms with E-state index in [4.69, 9.17) is 9.84 Å². The molecule has 4 heteroatoms. The van der Waals surface area contributed by atoms with Crippen molar-refractivity contribution in [3.63, 3.8) is 0 Å². The summed E-state index contributed by atoms with van der Waals surface area (Å²) in [7, 11) is 0. The van der Waals surface area contributed by atoms with Gasteiger partial charge in [0, 0.05) is 13.1 Å². The molecule has 0 rings (SSSR count). The van der Waals surface area contributed by atoms with Gasteiger partial charge >= 0.3 is 0 Å². The first-order valence-electron chi connectivity index (χ1n) is 6.43. The second kappa shape index (κ2) is 13.3. The van der Waals surface area contributed by atoms with Crippen molar-refractivity contribution in [3.8, 4) is 0 Å². The van der Waals surface area contributed by atoms with Crippen LogP contribution in [0.15, 0.2) is 0 Å². The van der Waals surface area contributed by atoms with Crippen molar-refractivity contribution in [2.24, 2.45) is 0 Å². The van der Waals surface area contributed by atoms with Crippen LogP contribution < -0.4 is 0 Å². The summed E-state index contributed by atoms with van der Waals surface area (Å²) in [5, 5.41) is 8.52. The van der Waals surface area contributed by atoms with Crippen LogP contribution in [0, 0.1) is 0 Å². The maximum Gasteiger partial charge on any atom is 0.0698 e. The van der Waals surface area contributed by atoms with Crippen LogP contribution in [0.4, 0.5) is 0 Å². The molecule has 0 spiro atoms. The van der Waals surface area contributed by atoms with Gasteiger partial charge in [0.25, 0.3) is 0 Å². The fourth-order valence-electron chi connectivity index (χ4n) is 1.52. The number of ether oxygens (including phenoxy) is 1. The normalized spacial score (nSPS) is 11.2. The molecule has 3 nitrogen and oxygen atoms in total. The van der Waals surface area contributed by atoms with E-state index in [9.17, 15) is 0 Å². The zero-order valence-electron chi connectivity index (χ0n) is 10.5. The molecular formula is C12H27NO2S. The highest BCUT2D eigenvalue weighted by Gasteiger charge is 1.99. The first-order chi connectivity index (χ1) is 7.81. The van der Waals surface area contributed by atoms with E-state index in [0.29, 0.717) is 13.2 Å². The van der Waals surface area contributed by atoms with Gasteiger partial charge in [0.2, 0.25) is 0 Å². The van der Waals surface area contributed by atoms with Crippen LogP contribution in [-0.2, 0) is 4.74 Å². The SMILES string of the molecule is CCCCCCCCN(S)CCOCCO. The molecule has 0 amide bonds. The predicted octanol–water partition coefficient (Wildman–Crippen LogP) is 2.50. The fraction of sp³-hybridized carbons (Fsp3) is 1.00. The van der Waals surface area contributed by atoms with Crippen LogP contribution in [0.2, 0.25) is 0 Å². The van der Waals surface area contributed by atoms with E-state index in [1.165, 1.54) is 38.5 Å². The Bertz CT molecular complexity index is 136. The number of unbranched alkanes of at least 4 members (excludes halogenated alkanes) is 5. The van der Waals surface area contributed by atoms with Gasteiger partial charge in [-0.1, -0.05) is 51.8 Å². The first kappa shape index (κ1) is 16.2. The van der Waals surface area contributed by atoms with Crippen molar-refractivity contribution in [3.05, 3.63) is 0 Å². The van der Waals surface area contributed by atoms with Crippen molar-refractivity contribution in [2.75, 3.05) is 32.9 Å². The Kier molecular flexibility index (Phi) is 13.5. The van der Waals surface area contributed by atoms with Crippen LogP contribution in [0.5, 0.6) is 0 Å². The van der Waals surface area contributed by atoms with E-state index in [1.54, 1.807) is 0 Å². The number of hydrogen-bond donors (Lipinski definition) is 2. The summed E-state index contributed by atoms with van der Waals surface area (Å²) in [4.78, 5) is 0. The molecule has 0 aromatic rings. The molecule has 0 fully saturated rings. The van der Waals surface area contributed by atoms with E-state index in [-0.39, 0.29) is 6.61 Å². The molecule has 0 radical (unpaired) electrons. The Hall–Kier alpha value is 0.230. The molecule has 0 bridgehead atoms. The number of rotatable bonds is 12. The molecule has 1 N–H and O–H groups in total. The Morgan fingerprint density at radius 3 is 2.38 bits per heavy atom. The molecule has 0 atom stereocenters. The van der Waals surface area contributed by atoms with Gasteiger partial charge in [0.05, 0.1) is 19.8 Å². The fourth-order valence-corrected chi connectivity index (χ4v) is 1.75. The highest BCUT2D eigenvalue weighted by Crippen LogP contribution is 2.06. The van der Waals surface area contributed by atoms with E-state index >= 15 is 0 Å². The molecule has 0 aliphatic rings. The lowest BCUT2D eigenvalue weighted by Crippen LogP contribution is -2.20. The molecule has 16 heavy (non-hydrogen) atoms. The van der Waals surface area contributed by atoms with E-state index in [2.05, 4.69) is 19.7 Å². The van der Waals surface area contributed by atoms with Crippen LogP contribution in [0.25, 0.3) is 0 Å². The Morgan fingerprint density at radius 2 is 1.69 bits per heavy atom. The predicted molar refractivity (Wildman–Crippen MR) is 71.8 cm³/mol. The lowest BCUT2D eigenvalue weighted by atomic mass is 10.1. The first-order valence-corrected chi connectivity index (χ1v) is 6.83. The average molecular weight is 249 g/mol. The van der Waals surface area contributed by atoms with Gasteiger partial charge in [-0.05, 0) is 6.42 Å². The Labute approximate surface area is 106 Å². The zero-order chi connectivity index (χ0) is 12.1. The van der Waals surface area contributed by atoms with E-state index in [0.717, 1.165) is 13.1 Å². The molecule has 0 aliphatic carbocycles. The number of aliphatic hydroxyl groups excluding tert-OH is 1. The molecule has 98 valence electrons. The third-order valence-electron chi connectivity index (χ3n) is 2.50. The van der Waals surface area contributed by atoms with E-state index < -0.39 is 0 Å². The highest BCUT2D eigenvalue weighted by molar-refractivity contribution is 7.77. The molecule has 0 saturated heterocycles. The summed E-state index contributed by atoms with van der Waals surface area (Å²) in [6.45, 7) is 5.28. The topological polar surface area (TPSA) is 32.7 Å². The van der Waals surface area contributed by atoms with Gasteiger partial charge < -0.3 is 9.84 Å². The quantitative estimate of drug-likeness (QED) is 0.412. The summed E-state index contributed by atoms with van der Waals surface area (Å²) in [6.07, 6.45) is 7.89. The second-order valence-corrected chi connectivity index (χ2v) is 4.62. The maximum atomic E-state index is 8.52. The number of hydrogen-bond acceptors (Lipinski definition) is 4. The van der Waals surface area contributed by atoms with Crippen LogP contribution in [-0.4, -0.2) is 42.3 Å². The van der Waals surface area contributed by atoms with Crippen molar-refractivity contribution in [1.82, 2.24) is 4.31 Å². The number of thiol groups is 1. The Morgan fingerprint density at radius 1 is 1.00 bits per heavy atom. The minimum absolute atomic E-state index is 0.101. The molecule has 0 aromatic heterocycles. The summed E-state index contributed by atoms with van der Waals surface area (Å²) in [6, 6.07) is 0. The third kappa shape index (κ3) is 12.3. The molecular weight excluding hydrogens is 222 g/mol. The van der Waals surface area contributed by atoms with Gasteiger partial charge in [-0.2, -0.15) is 0 Å². The zero-order valence-corrected chi connectivity index (χ0v) is 11.4. The molecule has 0 unspecified atom stereocenters. The minimum Gasteiger partial charge on any atom is -0.394 e. The largest absolute Gasteiger partial charge is 0.394 e. The summed E-state index contributed by atoms with van der Waals surface area (Å²) < 4.78 is 7.17. The van der Waals surface area contributed by atoms with E-state index in [1.807, 2.05) is 4.31 Å². The molecule has 0 aromatic carbocycles.